The fourth-order valence-electron chi connectivity index (χ4n) is 4.95. The fourth-order valence-corrected chi connectivity index (χ4v) is 4.95. The van der Waals surface area contributed by atoms with Gasteiger partial charge in [-0.15, -0.1) is 0 Å². The lowest BCUT2D eigenvalue weighted by Gasteiger charge is -2.60. The normalized spacial score (nSPS) is 27.1. The first-order chi connectivity index (χ1) is 10.9. The lowest BCUT2D eigenvalue weighted by molar-refractivity contribution is -0.158. The van der Waals surface area contributed by atoms with Gasteiger partial charge < -0.3 is 9.80 Å². The van der Waals surface area contributed by atoms with Gasteiger partial charge in [-0.2, -0.15) is 0 Å². The van der Waals surface area contributed by atoms with Gasteiger partial charge in [0.15, 0.2) is 0 Å². The van der Waals surface area contributed by atoms with Crippen LogP contribution in [0.4, 0.5) is 0 Å². The molecule has 2 aliphatic heterocycles. The molecule has 3 aliphatic rings. The van der Waals surface area contributed by atoms with Crippen molar-refractivity contribution in [1.29, 1.82) is 0 Å². The van der Waals surface area contributed by atoms with E-state index in [0.29, 0.717) is 23.3 Å². The van der Waals surface area contributed by atoms with Gasteiger partial charge in [0.05, 0.1) is 0 Å². The number of carbonyl (C=O) groups excluding carboxylic acids is 1. The van der Waals surface area contributed by atoms with Gasteiger partial charge in [-0.1, -0.05) is 20.8 Å². The van der Waals surface area contributed by atoms with Crippen LogP contribution in [0.5, 0.6) is 0 Å². The first-order valence-electron chi connectivity index (χ1n) is 9.94. The second kappa shape index (κ2) is 6.74. The Bertz CT molecular complexity index is 411. The molecule has 0 aromatic carbocycles. The predicted molar refractivity (Wildman–Crippen MR) is 95.2 cm³/mol. The second-order valence-electron chi connectivity index (χ2n) is 9.10. The van der Waals surface area contributed by atoms with Gasteiger partial charge in [-0.05, 0) is 69.9 Å². The van der Waals surface area contributed by atoms with Crippen molar-refractivity contribution in [3.63, 3.8) is 0 Å². The molecule has 1 saturated carbocycles. The Labute approximate surface area is 142 Å². The van der Waals surface area contributed by atoms with E-state index in [2.05, 4.69) is 37.5 Å². The van der Waals surface area contributed by atoms with E-state index in [1.807, 2.05) is 0 Å². The minimum absolute atomic E-state index is 0.436. The van der Waals surface area contributed by atoms with E-state index in [-0.39, 0.29) is 0 Å². The molecule has 1 atom stereocenters. The van der Waals surface area contributed by atoms with E-state index in [9.17, 15) is 4.79 Å². The molecule has 0 radical (unpaired) electrons. The molecule has 0 bridgehead atoms. The largest absolute Gasteiger partial charge is 0.341 e. The van der Waals surface area contributed by atoms with Crippen LogP contribution in [0, 0.1) is 23.2 Å². The van der Waals surface area contributed by atoms with Crippen LogP contribution in [0.3, 0.4) is 0 Å². The minimum atomic E-state index is 0.436. The molecule has 3 heteroatoms. The van der Waals surface area contributed by atoms with E-state index in [0.717, 1.165) is 31.3 Å². The van der Waals surface area contributed by atoms with Crippen molar-refractivity contribution in [1.82, 2.24) is 9.80 Å². The molecule has 23 heavy (non-hydrogen) atoms. The van der Waals surface area contributed by atoms with Gasteiger partial charge in [0.2, 0.25) is 5.91 Å². The molecule has 2 heterocycles. The Kier molecular flexibility index (Phi) is 5.06. The Hall–Kier alpha value is -0.570. The highest BCUT2D eigenvalue weighted by Crippen LogP contribution is 2.54. The van der Waals surface area contributed by atoms with Gasteiger partial charge in [0, 0.05) is 31.0 Å². The highest BCUT2D eigenvalue weighted by Gasteiger charge is 2.53. The molecule has 3 rings (SSSR count). The first-order valence-corrected chi connectivity index (χ1v) is 9.94. The van der Waals surface area contributed by atoms with E-state index in [4.69, 9.17) is 0 Å². The summed E-state index contributed by atoms with van der Waals surface area (Å²) in [6, 6.07) is 0.703. The monoisotopic (exact) mass is 320 g/mol. The van der Waals surface area contributed by atoms with Crippen molar-refractivity contribution in [2.24, 2.45) is 23.2 Å². The summed E-state index contributed by atoms with van der Waals surface area (Å²) in [6.45, 7) is 13.8. The van der Waals surface area contributed by atoms with Crippen LogP contribution in [-0.2, 0) is 4.79 Å². The number of amides is 1. The Morgan fingerprint density at radius 1 is 1.13 bits per heavy atom. The molecule has 0 aromatic heterocycles. The maximum Gasteiger partial charge on any atom is 0.222 e. The number of rotatable bonds is 5. The number of likely N-dealkylation sites (tertiary alicyclic amines) is 2. The quantitative estimate of drug-likeness (QED) is 0.769. The third kappa shape index (κ3) is 3.60. The van der Waals surface area contributed by atoms with E-state index >= 15 is 0 Å². The number of hydrogen-bond acceptors (Lipinski definition) is 2. The molecule has 1 unspecified atom stereocenters. The zero-order valence-corrected chi connectivity index (χ0v) is 15.7. The van der Waals surface area contributed by atoms with Crippen LogP contribution in [0.25, 0.3) is 0 Å². The molecule has 2 saturated heterocycles. The predicted octanol–water partition coefficient (Wildman–Crippen LogP) is 3.78. The lowest BCUT2D eigenvalue weighted by Crippen LogP contribution is -2.64. The van der Waals surface area contributed by atoms with Crippen LogP contribution < -0.4 is 0 Å². The van der Waals surface area contributed by atoms with Gasteiger partial charge >= 0.3 is 0 Å². The Morgan fingerprint density at radius 2 is 1.74 bits per heavy atom. The Balaban J connectivity index is 1.36. The molecule has 1 amide bonds. The highest BCUT2D eigenvalue weighted by atomic mass is 16.2. The van der Waals surface area contributed by atoms with Crippen molar-refractivity contribution < 1.29 is 4.79 Å². The molecule has 1 spiro atoms. The number of piperidine rings is 1. The van der Waals surface area contributed by atoms with Crippen LogP contribution in [0.1, 0.15) is 66.2 Å². The summed E-state index contributed by atoms with van der Waals surface area (Å²) in [4.78, 5) is 17.3. The molecule has 0 N–H and O–H groups in total. The maximum atomic E-state index is 12.5. The molecular weight excluding hydrogens is 284 g/mol. The van der Waals surface area contributed by atoms with Crippen molar-refractivity contribution in [2.45, 2.75) is 72.3 Å². The topological polar surface area (TPSA) is 23.6 Å². The summed E-state index contributed by atoms with van der Waals surface area (Å²) in [6.07, 6.45) is 7.19. The maximum absolute atomic E-state index is 12.5. The third-order valence-corrected chi connectivity index (χ3v) is 7.07. The highest BCUT2D eigenvalue weighted by molar-refractivity contribution is 5.77. The van der Waals surface area contributed by atoms with Crippen molar-refractivity contribution in [3.8, 4) is 0 Å². The zero-order chi connectivity index (χ0) is 16.6. The SMILES string of the molecule is CCC(C)N1CCC(CC(=O)N2CC3(CC(C(C)C)C3)C2)CC1. The summed E-state index contributed by atoms with van der Waals surface area (Å²) in [5.41, 5.74) is 0.532. The fraction of sp³-hybridized carbons (Fsp3) is 0.950. The van der Waals surface area contributed by atoms with Gasteiger partial charge in [0.1, 0.15) is 0 Å². The lowest BCUT2D eigenvalue weighted by atomic mass is 9.55. The molecular formula is C20H36N2O. The van der Waals surface area contributed by atoms with Crippen LogP contribution in [-0.4, -0.2) is 47.9 Å². The van der Waals surface area contributed by atoms with E-state index in [1.165, 1.54) is 45.2 Å². The molecule has 3 fully saturated rings. The van der Waals surface area contributed by atoms with Crippen LogP contribution in [0.15, 0.2) is 0 Å². The van der Waals surface area contributed by atoms with Gasteiger partial charge in [-0.25, -0.2) is 0 Å². The average molecular weight is 321 g/mol. The van der Waals surface area contributed by atoms with Crippen molar-refractivity contribution in [2.75, 3.05) is 26.2 Å². The zero-order valence-electron chi connectivity index (χ0n) is 15.7. The number of carbonyl (C=O) groups is 1. The minimum Gasteiger partial charge on any atom is -0.341 e. The average Bonchev–Trinajstić information content (AvgIpc) is 2.44. The molecule has 132 valence electrons. The third-order valence-electron chi connectivity index (χ3n) is 7.07. The van der Waals surface area contributed by atoms with Crippen molar-refractivity contribution >= 4 is 5.91 Å². The summed E-state index contributed by atoms with van der Waals surface area (Å²) in [5, 5.41) is 0. The van der Waals surface area contributed by atoms with Gasteiger partial charge in [-0.3, -0.25) is 4.79 Å². The summed E-state index contributed by atoms with van der Waals surface area (Å²) in [5.74, 6) is 2.80. The van der Waals surface area contributed by atoms with E-state index in [1.54, 1.807) is 0 Å². The summed E-state index contributed by atoms with van der Waals surface area (Å²) in [7, 11) is 0. The standard InChI is InChI=1S/C20H36N2O/c1-5-16(4)21-8-6-17(7-9-21)10-19(23)22-13-20(14-22)11-18(12-20)15(2)3/h15-18H,5-14H2,1-4H3. The Morgan fingerprint density at radius 3 is 2.26 bits per heavy atom. The van der Waals surface area contributed by atoms with Crippen LogP contribution in [0.2, 0.25) is 0 Å². The van der Waals surface area contributed by atoms with Crippen molar-refractivity contribution in [3.05, 3.63) is 0 Å². The van der Waals surface area contributed by atoms with E-state index < -0.39 is 0 Å². The number of hydrogen-bond donors (Lipinski definition) is 0. The molecule has 0 aromatic rings. The number of nitrogens with zero attached hydrogens (tertiary/aromatic N) is 2. The molecule has 1 aliphatic carbocycles. The molecule has 3 nitrogen and oxygen atoms in total. The second-order valence-corrected chi connectivity index (χ2v) is 9.10. The first kappa shape index (κ1) is 17.3. The van der Waals surface area contributed by atoms with Crippen LogP contribution >= 0.6 is 0 Å². The smallest absolute Gasteiger partial charge is 0.222 e. The van der Waals surface area contributed by atoms with Gasteiger partial charge in [0.25, 0.3) is 0 Å². The summed E-state index contributed by atoms with van der Waals surface area (Å²) < 4.78 is 0. The summed E-state index contributed by atoms with van der Waals surface area (Å²) >= 11 is 0.